The van der Waals surface area contributed by atoms with E-state index in [2.05, 4.69) is 0 Å². The molecule has 0 saturated carbocycles. The van der Waals surface area contributed by atoms with Crippen LogP contribution in [0.4, 0.5) is 5.69 Å². The molecule has 7 heteroatoms. The van der Waals surface area contributed by atoms with E-state index in [0.717, 1.165) is 0 Å². The minimum atomic E-state index is -3.74. The van der Waals surface area contributed by atoms with E-state index in [1.165, 1.54) is 24.3 Å². The molecule has 0 spiro atoms. The third kappa shape index (κ3) is 4.37. The van der Waals surface area contributed by atoms with Gasteiger partial charge in [0, 0.05) is 12.1 Å². The first-order valence-corrected chi connectivity index (χ1v) is 8.14. The van der Waals surface area contributed by atoms with Gasteiger partial charge in [0.05, 0.1) is 11.0 Å². The molecule has 6 nitrogen and oxygen atoms in total. The third-order valence-corrected chi connectivity index (χ3v) is 4.32. The molecule has 2 rings (SSSR count). The molecule has 0 aliphatic rings. The van der Waals surface area contributed by atoms with Crippen molar-refractivity contribution in [2.45, 2.75) is 18.8 Å². The molecule has 0 amide bonds. The van der Waals surface area contributed by atoms with Crippen LogP contribution >= 0.6 is 0 Å². The van der Waals surface area contributed by atoms with Gasteiger partial charge in [-0.25, -0.2) is 0 Å². The highest BCUT2D eigenvalue weighted by Crippen LogP contribution is 2.23. The molecule has 2 aromatic rings. The summed E-state index contributed by atoms with van der Waals surface area (Å²) in [4.78, 5) is 10.1. The minimum absolute atomic E-state index is 0.0527. The Morgan fingerprint density at radius 3 is 2.23 bits per heavy atom. The van der Waals surface area contributed by atoms with Crippen LogP contribution in [0.15, 0.2) is 54.6 Å². The topological polar surface area (TPSA) is 86.5 Å². The van der Waals surface area contributed by atoms with Gasteiger partial charge in [-0.2, -0.15) is 8.42 Å². The summed E-state index contributed by atoms with van der Waals surface area (Å²) in [5.41, 5.74) is 1.14. The van der Waals surface area contributed by atoms with Crippen LogP contribution in [0, 0.1) is 10.1 Å². The smallest absolute Gasteiger partial charge is 0.262 e. The van der Waals surface area contributed by atoms with Crippen molar-refractivity contribution in [3.63, 3.8) is 0 Å². The second kappa shape index (κ2) is 6.67. The maximum Gasteiger partial charge on any atom is 0.272 e. The summed E-state index contributed by atoms with van der Waals surface area (Å²) in [5, 5.41) is 10.6. The van der Waals surface area contributed by atoms with E-state index < -0.39 is 21.1 Å². The standard InChI is InChI=1S/C15H15NO5S/c1-12(14-7-9-15(10-8-14)16(17)18)21-22(19,20)11-13-5-3-2-4-6-13/h2-10,12H,11H2,1H3. The van der Waals surface area contributed by atoms with Crippen molar-refractivity contribution < 1.29 is 17.5 Å². The van der Waals surface area contributed by atoms with Gasteiger partial charge in [0.15, 0.2) is 0 Å². The van der Waals surface area contributed by atoms with Crippen LogP contribution in [0.5, 0.6) is 0 Å². The van der Waals surface area contributed by atoms with Crippen molar-refractivity contribution in [1.29, 1.82) is 0 Å². The van der Waals surface area contributed by atoms with Gasteiger partial charge in [0.1, 0.15) is 5.75 Å². The van der Waals surface area contributed by atoms with Gasteiger partial charge in [-0.3, -0.25) is 14.3 Å². The fraction of sp³-hybridized carbons (Fsp3) is 0.200. The highest BCUT2D eigenvalue weighted by molar-refractivity contribution is 7.85. The molecule has 1 atom stereocenters. The van der Waals surface area contributed by atoms with Crippen molar-refractivity contribution in [1.82, 2.24) is 0 Å². The highest BCUT2D eigenvalue weighted by Gasteiger charge is 2.19. The van der Waals surface area contributed by atoms with Crippen LogP contribution in [0.2, 0.25) is 0 Å². The van der Waals surface area contributed by atoms with Crippen molar-refractivity contribution in [2.75, 3.05) is 0 Å². The second-order valence-electron chi connectivity index (χ2n) is 4.77. The Bertz CT molecular complexity index is 741. The Labute approximate surface area is 128 Å². The molecule has 0 radical (unpaired) electrons. The number of non-ortho nitro benzene ring substituents is 1. The first-order chi connectivity index (χ1) is 10.4. The molecule has 0 N–H and O–H groups in total. The largest absolute Gasteiger partial charge is 0.272 e. The molecule has 0 aliphatic carbocycles. The van der Waals surface area contributed by atoms with Crippen molar-refractivity contribution >= 4 is 15.8 Å². The third-order valence-electron chi connectivity index (χ3n) is 3.05. The molecule has 0 fully saturated rings. The molecular weight excluding hydrogens is 306 g/mol. The number of nitrogens with zero attached hydrogens (tertiary/aromatic N) is 1. The lowest BCUT2D eigenvalue weighted by Crippen LogP contribution is -2.12. The van der Waals surface area contributed by atoms with Crippen molar-refractivity contribution in [3.8, 4) is 0 Å². The average molecular weight is 321 g/mol. The predicted octanol–water partition coefficient (Wildman–Crippen LogP) is 3.20. The van der Waals surface area contributed by atoms with Gasteiger partial charge in [0.2, 0.25) is 0 Å². The maximum absolute atomic E-state index is 12.0. The van der Waals surface area contributed by atoms with Gasteiger partial charge in [-0.1, -0.05) is 30.3 Å². The Morgan fingerprint density at radius 1 is 1.09 bits per heavy atom. The Kier molecular flexibility index (Phi) is 4.89. The minimum Gasteiger partial charge on any atom is -0.262 e. The quantitative estimate of drug-likeness (QED) is 0.463. The number of rotatable bonds is 6. The Hall–Kier alpha value is -2.25. The van der Waals surface area contributed by atoms with Crippen LogP contribution in [-0.2, 0) is 20.1 Å². The van der Waals surface area contributed by atoms with Gasteiger partial charge < -0.3 is 0 Å². The maximum atomic E-state index is 12.0. The number of hydrogen-bond acceptors (Lipinski definition) is 5. The summed E-state index contributed by atoms with van der Waals surface area (Å²) in [7, 11) is -3.74. The molecule has 0 bridgehead atoms. The molecule has 0 aromatic heterocycles. The van der Waals surface area contributed by atoms with Crippen LogP contribution in [0.1, 0.15) is 24.2 Å². The van der Waals surface area contributed by atoms with E-state index in [-0.39, 0.29) is 11.4 Å². The molecule has 0 heterocycles. The molecule has 0 aliphatic heterocycles. The van der Waals surface area contributed by atoms with E-state index >= 15 is 0 Å². The van der Waals surface area contributed by atoms with E-state index in [4.69, 9.17) is 4.18 Å². The van der Waals surface area contributed by atoms with Gasteiger partial charge in [-0.05, 0) is 30.2 Å². The van der Waals surface area contributed by atoms with Crippen LogP contribution in [-0.4, -0.2) is 13.3 Å². The zero-order chi connectivity index (χ0) is 16.2. The van der Waals surface area contributed by atoms with Crippen LogP contribution < -0.4 is 0 Å². The summed E-state index contributed by atoms with van der Waals surface area (Å²) < 4.78 is 29.2. The molecule has 2 aromatic carbocycles. The monoisotopic (exact) mass is 321 g/mol. The lowest BCUT2D eigenvalue weighted by atomic mass is 10.1. The van der Waals surface area contributed by atoms with E-state index in [1.807, 2.05) is 0 Å². The number of benzene rings is 2. The highest BCUT2D eigenvalue weighted by atomic mass is 32.2. The van der Waals surface area contributed by atoms with E-state index in [1.54, 1.807) is 37.3 Å². The molecule has 22 heavy (non-hydrogen) atoms. The molecule has 1 unspecified atom stereocenters. The fourth-order valence-corrected chi connectivity index (χ4v) is 3.17. The number of nitro groups is 1. The zero-order valence-electron chi connectivity index (χ0n) is 11.9. The lowest BCUT2D eigenvalue weighted by molar-refractivity contribution is -0.384. The SMILES string of the molecule is CC(OS(=O)(=O)Cc1ccccc1)c1ccc([N+](=O)[O-])cc1. The van der Waals surface area contributed by atoms with Gasteiger partial charge in [0.25, 0.3) is 15.8 Å². The zero-order valence-corrected chi connectivity index (χ0v) is 12.7. The average Bonchev–Trinajstić information content (AvgIpc) is 2.47. The fourth-order valence-electron chi connectivity index (χ4n) is 1.95. The molecule has 0 saturated heterocycles. The number of nitro benzene ring substituents is 1. The molecular formula is C15H15NO5S. The van der Waals surface area contributed by atoms with Crippen molar-refractivity contribution in [2.24, 2.45) is 0 Å². The first-order valence-electron chi connectivity index (χ1n) is 6.56. The van der Waals surface area contributed by atoms with Crippen LogP contribution in [0.3, 0.4) is 0 Å². The van der Waals surface area contributed by atoms with E-state index in [9.17, 15) is 18.5 Å². The normalized spacial score (nSPS) is 12.8. The number of hydrogen-bond donors (Lipinski definition) is 0. The summed E-state index contributed by atoms with van der Waals surface area (Å²) in [5.74, 6) is -0.217. The Balaban J connectivity index is 2.07. The van der Waals surface area contributed by atoms with Gasteiger partial charge in [-0.15, -0.1) is 0 Å². The van der Waals surface area contributed by atoms with E-state index in [0.29, 0.717) is 11.1 Å². The first kappa shape index (κ1) is 16.1. The summed E-state index contributed by atoms with van der Waals surface area (Å²) in [6.45, 7) is 1.59. The second-order valence-corrected chi connectivity index (χ2v) is 6.37. The summed E-state index contributed by atoms with van der Waals surface area (Å²) in [6.07, 6.45) is -0.713. The predicted molar refractivity (Wildman–Crippen MR) is 81.7 cm³/mol. The Morgan fingerprint density at radius 2 is 1.68 bits per heavy atom. The summed E-state index contributed by atoms with van der Waals surface area (Å²) >= 11 is 0. The van der Waals surface area contributed by atoms with Gasteiger partial charge >= 0.3 is 0 Å². The summed E-state index contributed by atoms with van der Waals surface area (Å²) in [6, 6.07) is 14.3. The van der Waals surface area contributed by atoms with Crippen LogP contribution in [0.25, 0.3) is 0 Å². The van der Waals surface area contributed by atoms with Crippen molar-refractivity contribution in [3.05, 3.63) is 75.8 Å². The lowest BCUT2D eigenvalue weighted by Gasteiger charge is -2.13. The molecule has 116 valence electrons.